The van der Waals surface area contributed by atoms with Crippen LogP contribution in [0.2, 0.25) is 5.02 Å². The molecule has 1 unspecified atom stereocenters. The lowest BCUT2D eigenvalue weighted by Gasteiger charge is -2.14. The molecule has 0 aromatic heterocycles. The van der Waals surface area contributed by atoms with Crippen LogP contribution in [-0.2, 0) is 6.54 Å². The molecule has 0 fully saturated rings. The first kappa shape index (κ1) is 14.0. The zero-order valence-corrected chi connectivity index (χ0v) is 10.5. The van der Waals surface area contributed by atoms with E-state index < -0.39 is 5.91 Å². The molecule has 0 aliphatic heterocycles. The first-order chi connectivity index (χ1) is 8.08. The third kappa shape index (κ3) is 4.00. The summed E-state index contributed by atoms with van der Waals surface area (Å²) in [6.45, 7) is 2.64. The topological polar surface area (TPSA) is 75.3 Å². The van der Waals surface area contributed by atoms with Crippen molar-refractivity contribution in [2.45, 2.75) is 25.9 Å². The van der Waals surface area contributed by atoms with Crippen molar-refractivity contribution in [1.82, 2.24) is 5.32 Å². The van der Waals surface area contributed by atoms with Crippen molar-refractivity contribution < 1.29 is 9.90 Å². The van der Waals surface area contributed by atoms with Crippen LogP contribution in [0.25, 0.3) is 0 Å². The Morgan fingerprint density at radius 2 is 2.29 bits per heavy atom. The number of hydrogen-bond donors (Lipinski definition) is 3. The first-order valence-electron chi connectivity index (χ1n) is 5.51. The molecule has 4 N–H and O–H groups in total. The van der Waals surface area contributed by atoms with Crippen molar-refractivity contribution >= 4 is 17.5 Å². The number of aliphatic hydroxyl groups is 1. The average molecular weight is 257 g/mol. The summed E-state index contributed by atoms with van der Waals surface area (Å²) in [5.74, 6) is -0.492. The van der Waals surface area contributed by atoms with E-state index >= 15 is 0 Å². The van der Waals surface area contributed by atoms with Gasteiger partial charge in [0.15, 0.2) is 0 Å². The van der Waals surface area contributed by atoms with Gasteiger partial charge in [0.05, 0.1) is 6.61 Å². The summed E-state index contributed by atoms with van der Waals surface area (Å²) in [5.41, 5.74) is 6.43. The van der Waals surface area contributed by atoms with Crippen molar-refractivity contribution in [3.8, 4) is 0 Å². The number of nitrogens with one attached hydrogen (secondary N) is 1. The second kappa shape index (κ2) is 6.59. The van der Waals surface area contributed by atoms with Crippen LogP contribution in [0.1, 0.15) is 29.3 Å². The highest BCUT2D eigenvalue weighted by Crippen LogP contribution is 2.17. The van der Waals surface area contributed by atoms with Gasteiger partial charge in [-0.1, -0.05) is 24.6 Å². The lowest BCUT2D eigenvalue weighted by atomic mass is 10.1. The zero-order chi connectivity index (χ0) is 12.8. The smallest absolute Gasteiger partial charge is 0.248 e. The fourth-order valence-corrected chi connectivity index (χ4v) is 1.68. The number of primary amides is 1. The van der Waals surface area contributed by atoms with Crippen molar-refractivity contribution in [3.05, 3.63) is 34.3 Å². The minimum Gasteiger partial charge on any atom is -0.395 e. The van der Waals surface area contributed by atoms with E-state index in [0.717, 1.165) is 12.0 Å². The molecule has 0 aliphatic carbocycles. The van der Waals surface area contributed by atoms with Crippen LogP contribution in [0.5, 0.6) is 0 Å². The molecule has 0 saturated heterocycles. The zero-order valence-electron chi connectivity index (χ0n) is 9.74. The highest BCUT2D eigenvalue weighted by Gasteiger charge is 2.08. The van der Waals surface area contributed by atoms with E-state index in [2.05, 4.69) is 5.32 Å². The number of hydrogen-bond acceptors (Lipinski definition) is 3. The van der Waals surface area contributed by atoms with E-state index in [9.17, 15) is 4.79 Å². The number of aliphatic hydroxyl groups excluding tert-OH is 1. The fourth-order valence-electron chi connectivity index (χ4n) is 1.44. The molecule has 94 valence electrons. The van der Waals surface area contributed by atoms with Gasteiger partial charge >= 0.3 is 0 Å². The van der Waals surface area contributed by atoms with Gasteiger partial charge < -0.3 is 16.2 Å². The van der Waals surface area contributed by atoms with Gasteiger partial charge in [-0.15, -0.1) is 0 Å². The van der Waals surface area contributed by atoms with E-state index in [1.165, 1.54) is 0 Å². The van der Waals surface area contributed by atoms with E-state index in [1.54, 1.807) is 18.2 Å². The molecule has 0 aliphatic rings. The summed E-state index contributed by atoms with van der Waals surface area (Å²) in [7, 11) is 0. The molecule has 1 amide bonds. The van der Waals surface area contributed by atoms with E-state index in [1.807, 2.05) is 6.92 Å². The molecule has 0 radical (unpaired) electrons. The molecule has 0 heterocycles. The average Bonchev–Trinajstić information content (AvgIpc) is 2.31. The minimum absolute atomic E-state index is 0.0573. The molecule has 0 saturated carbocycles. The SMILES string of the molecule is CCC(CO)NCc1ccc(C(N)=O)cc1Cl. The van der Waals surface area contributed by atoms with Crippen LogP contribution in [0, 0.1) is 0 Å². The highest BCUT2D eigenvalue weighted by molar-refractivity contribution is 6.31. The second-order valence-electron chi connectivity index (χ2n) is 3.84. The van der Waals surface area contributed by atoms with Crippen LogP contribution < -0.4 is 11.1 Å². The third-order valence-electron chi connectivity index (χ3n) is 2.63. The maximum atomic E-state index is 10.9. The Morgan fingerprint density at radius 3 is 2.76 bits per heavy atom. The number of halogens is 1. The van der Waals surface area contributed by atoms with Crippen LogP contribution in [0.3, 0.4) is 0 Å². The lowest BCUT2D eigenvalue weighted by Crippen LogP contribution is -2.31. The number of carbonyl (C=O) groups is 1. The number of nitrogens with two attached hydrogens (primary N) is 1. The number of carbonyl (C=O) groups excluding carboxylic acids is 1. The lowest BCUT2D eigenvalue weighted by molar-refractivity contribution is 0.100. The van der Waals surface area contributed by atoms with Gasteiger partial charge in [-0.05, 0) is 24.1 Å². The summed E-state index contributed by atoms with van der Waals surface area (Å²) in [6.07, 6.45) is 0.841. The van der Waals surface area contributed by atoms with Crippen LogP contribution in [-0.4, -0.2) is 23.7 Å². The summed E-state index contributed by atoms with van der Waals surface area (Å²) < 4.78 is 0. The van der Waals surface area contributed by atoms with Crippen molar-refractivity contribution in [2.24, 2.45) is 5.73 Å². The number of rotatable bonds is 6. The molecule has 0 spiro atoms. The summed E-state index contributed by atoms with van der Waals surface area (Å²) >= 11 is 6.03. The molecule has 1 rings (SSSR count). The Morgan fingerprint density at radius 1 is 1.59 bits per heavy atom. The highest BCUT2D eigenvalue weighted by atomic mass is 35.5. The molecule has 17 heavy (non-hydrogen) atoms. The standard InChI is InChI=1S/C12H17ClN2O2/c1-2-10(7-16)15-6-9-4-3-8(12(14)17)5-11(9)13/h3-5,10,15-16H,2,6-7H2,1H3,(H2,14,17). The summed E-state index contributed by atoms with van der Waals surface area (Å²) in [5, 5.41) is 12.7. The Kier molecular flexibility index (Phi) is 5.41. The first-order valence-corrected chi connectivity index (χ1v) is 5.88. The second-order valence-corrected chi connectivity index (χ2v) is 4.25. The summed E-state index contributed by atoms with van der Waals surface area (Å²) in [6, 6.07) is 5.02. The fraction of sp³-hybridized carbons (Fsp3) is 0.417. The monoisotopic (exact) mass is 256 g/mol. The Balaban J connectivity index is 2.69. The minimum atomic E-state index is -0.492. The van der Waals surface area contributed by atoms with Crippen LogP contribution in [0.15, 0.2) is 18.2 Å². The molecule has 0 bridgehead atoms. The predicted octanol–water partition coefficient (Wildman–Crippen LogP) is 1.30. The van der Waals surface area contributed by atoms with Crippen LogP contribution in [0.4, 0.5) is 0 Å². The van der Waals surface area contributed by atoms with Gasteiger partial charge in [0.1, 0.15) is 0 Å². The molecule has 1 atom stereocenters. The molecule has 4 nitrogen and oxygen atoms in total. The third-order valence-corrected chi connectivity index (χ3v) is 2.98. The van der Waals surface area contributed by atoms with Gasteiger partial charge in [0, 0.05) is 23.2 Å². The van der Waals surface area contributed by atoms with E-state index in [4.69, 9.17) is 22.4 Å². The van der Waals surface area contributed by atoms with Gasteiger partial charge in [0.2, 0.25) is 5.91 Å². The largest absolute Gasteiger partial charge is 0.395 e. The molecule has 5 heteroatoms. The Bertz CT molecular complexity index is 392. The van der Waals surface area contributed by atoms with Gasteiger partial charge in [-0.2, -0.15) is 0 Å². The number of benzene rings is 1. The van der Waals surface area contributed by atoms with Crippen molar-refractivity contribution in [3.63, 3.8) is 0 Å². The quantitative estimate of drug-likeness (QED) is 0.718. The van der Waals surface area contributed by atoms with Gasteiger partial charge in [-0.25, -0.2) is 0 Å². The number of amides is 1. The van der Waals surface area contributed by atoms with Gasteiger partial charge in [-0.3, -0.25) is 4.79 Å². The molecule has 1 aromatic carbocycles. The van der Waals surface area contributed by atoms with Crippen molar-refractivity contribution in [2.75, 3.05) is 6.61 Å². The van der Waals surface area contributed by atoms with E-state index in [-0.39, 0.29) is 12.6 Å². The predicted molar refractivity (Wildman–Crippen MR) is 68.0 cm³/mol. The maximum Gasteiger partial charge on any atom is 0.248 e. The van der Waals surface area contributed by atoms with Crippen molar-refractivity contribution in [1.29, 1.82) is 0 Å². The van der Waals surface area contributed by atoms with Gasteiger partial charge in [0.25, 0.3) is 0 Å². The summed E-state index contributed by atoms with van der Waals surface area (Å²) in [4.78, 5) is 10.9. The Labute approximate surface area is 106 Å². The molecular formula is C12H17ClN2O2. The maximum absolute atomic E-state index is 10.9. The Hall–Kier alpha value is -1.10. The molecular weight excluding hydrogens is 240 g/mol. The normalized spacial score (nSPS) is 12.4. The van der Waals surface area contributed by atoms with Crippen LogP contribution >= 0.6 is 11.6 Å². The van der Waals surface area contributed by atoms with E-state index in [0.29, 0.717) is 17.1 Å². The molecule has 1 aromatic rings.